The molecule has 6 heteroatoms. The smallest absolute Gasteiger partial charge is 0.305 e. The molecule has 1 aliphatic heterocycles. The lowest BCUT2D eigenvalue weighted by molar-refractivity contribution is -0.138. The summed E-state index contributed by atoms with van der Waals surface area (Å²) in [5.41, 5.74) is -0.132. The number of likely N-dealkylation sites (N-methyl/N-ethyl adjacent to an activating group) is 1. The third-order valence-electron chi connectivity index (χ3n) is 3.53. The first-order chi connectivity index (χ1) is 9.97. The monoisotopic (exact) mass is 306 g/mol. The zero-order valence-corrected chi connectivity index (χ0v) is 12.5. The summed E-state index contributed by atoms with van der Waals surface area (Å²) in [6.45, 7) is 3.98. The minimum absolute atomic E-state index is 0.375. The van der Waals surface area contributed by atoms with Gasteiger partial charge in [-0.1, -0.05) is 18.2 Å². The minimum Gasteiger partial charge on any atom is -0.305 e. The van der Waals surface area contributed by atoms with Gasteiger partial charge in [-0.15, -0.1) is 0 Å². The molecule has 0 radical (unpaired) electrons. The largest absolute Gasteiger partial charge is 0.416 e. The summed E-state index contributed by atoms with van der Waals surface area (Å²) in [5, 5.41) is 0. The summed E-state index contributed by atoms with van der Waals surface area (Å²) in [5.74, 6) is 0. The number of hydrogen-bond donors (Lipinski definition) is 0. The lowest BCUT2D eigenvalue weighted by Gasteiger charge is -2.22. The predicted molar refractivity (Wildman–Crippen MR) is 75.9 cm³/mol. The van der Waals surface area contributed by atoms with Gasteiger partial charge in [0.15, 0.2) is 0 Å². The molecule has 1 aliphatic rings. The maximum atomic E-state index is 12.9. The Morgan fingerprint density at radius 3 is 2.33 bits per heavy atom. The van der Waals surface area contributed by atoms with E-state index in [1.54, 1.807) is 12.1 Å². The molecule has 120 valence electrons. The molecule has 21 heavy (non-hydrogen) atoms. The quantitative estimate of drug-likeness (QED) is 0.773. The van der Waals surface area contributed by atoms with E-state index in [-0.39, 0.29) is 0 Å². The van der Waals surface area contributed by atoms with Gasteiger partial charge in [0.1, 0.15) is 0 Å². The van der Waals surface area contributed by atoms with Gasteiger partial charge in [-0.3, -0.25) is 9.29 Å². The summed E-state index contributed by atoms with van der Waals surface area (Å²) in [7, 11) is 2.55. The fourth-order valence-corrected chi connectivity index (χ4v) is 2.43. The average Bonchev–Trinajstić information content (AvgIpc) is 2.65. The van der Waals surface area contributed by atoms with Gasteiger partial charge in [-0.2, -0.15) is 13.2 Å². The predicted octanol–water partition coefficient (Wildman–Crippen LogP) is 3.43. The van der Waals surface area contributed by atoms with Crippen LogP contribution in [0.15, 0.2) is 24.3 Å². The molecule has 1 heterocycles. The summed E-state index contributed by atoms with van der Waals surface area (Å²) in [4.78, 5) is 4.32. The van der Waals surface area contributed by atoms with Crippen LogP contribution in [-0.4, -0.2) is 50.2 Å². The molecular formula is C15H22F4N2. The molecule has 0 atom stereocenters. The molecule has 0 aromatic heterocycles. The Morgan fingerprint density at radius 2 is 1.67 bits per heavy atom. The van der Waals surface area contributed by atoms with E-state index >= 15 is 0 Å². The normalized spacial score (nSPS) is 17.8. The number of nitrogens with zero attached hydrogens (tertiary/aromatic N) is 2. The van der Waals surface area contributed by atoms with Crippen molar-refractivity contribution in [2.24, 2.45) is 0 Å². The van der Waals surface area contributed by atoms with Crippen molar-refractivity contribution >= 4 is 0 Å². The number of hydrogen-bond acceptors (Lipinski definition) is 2. The number of halogens is 4. The van der Waals surface area contributed by atoms with Crippen LogP contribution >= 0.6 is 0 Å². The van der Waals surface area contributed by atoms with Gasteiger partial charge in [0.25, 0.3) is 0 Å². The Bertz CT molecular complexity index is 420. The molecule has 1 saturated heterocycles. The highest BCUT2D eigenvalue weighted by molar-refractivity contribution is 5.29. The van der Waals surface area contributed by atoms with Crippen molar-refractivity contribution in [2.75, 3.05) is 40.4 Å². The first-order valence-corrected chi connectivity index (χ1v) is 6.90. The Morgan fingerprint density at radius 1 is 1.00 bits per heavy atom. The second kappa shape index (κ2) is 8.34. The van der Waals surface area contributed by atoms with Crippen LogP contribution in [0, 0.1) is 0 Å². The highest BCUT2D eigenvalue weighted by Crippen LogP contribution is 2.32. The fraction of sp³-hybridized carbons (Fsp3) is 0.600. The summed E-state index contributed by atoms with van der Waals surface area (Å²) in [6.07, 6.45) is -3.26. The van der Waals surface area contributed by atoms with Crippen molar-refractivity contribution in [1.29, 1.82) is 0 Å². The summed E-state index contributed by atoms with van der Waals surface area (Å²) < 4.78 is 48.3. The van der Waals surface area contributed by atoms with Crippen LogP contribution in [0.3, 0.4) is 0 Å². The van der Waals surface area contributed by atoms with E-state index in [2.05, 4.69) is 9.80 Å². The Balaban J connectivity index is 0.00000106. The standard InChI is InChI=1S/C14H19F3N2.CH3F/c1-18-7-4-8-19(10-9-18)11-12-5-2-3-6-13(12)14(15,16)17;1-2/h2-3,5-6H,4,7-11H2,1H3;1H3. The molecule has 1 aromatic carbocycles. The highest BCUT2D eigenvalue weighted by atomic mass is 19.4. The number of benzene rings is 1. The maximum Gasteiger partial charge on any atom is 0.416 e. The van der Waals surface area contributed by atoms with Crippen LogP contribution in [-0.2, 0) is 12.7 Å². The molecule has 0 unspecified atom stereocenters. The van der Waals surface area contributed by atoms with Crippen molar-refractivity contribution in [1.82, 2.24) is 9.80 Å². The average molecular weight is 306 g/mol. The zero-order valence-electron chi connectivity index (χ0n) is 12.5. The third kappa shape index (κ3) is 5.63. The van der Waals surface area contributed by atoms with E-state index in [9.17, 15) is 17.6 Å². The molecular weight excluding hydrogens is 284 g/mol. The SMILES string of the molecule is CF.CN1CCCN(Cc2ccccc2C(F)(F)F)CC1. The number of rotatable bonds is 2. The Kier molecular flexibility index (Phi) is 7.11. The van der Waals surface area contributed by atoms with Crippen molar-refractivity contribution < 1.29 is 17.6 Å². The maximum absolute atomic E-state index is 12.9. The van der Waals surface area contributed by atoms with Crippen molar-refractivity contribution in [3.05, 3.63) is 35.4 Å². The molecule has 0 amide bonds. The van der Waals surface area contributed by atoms with Gasteiger partial charge in [-0.25, -0.2) is 0 Å². The first kappa shape index (κ1) is 17.9. The van der Waals surface area contributed by atoms with Crippen LogP contribution in [0.4, 0.5) is 17.6 Å². The molecule has 2 nitrogen and oxygen atoms in total. The molecule has 0 aliphatic carbocycles. The summed E-state index contributed by atoms with van der Waals surface area (Å²) >= 11 is 0. The second-order valence-electron chi connectivity index (χ2n) is 5.09. The molecule has 2 rings (SSSR count). The molecule has 1 fully saturated rings. The Labute approximate surface area is 123 Å². The number of alkyl halides is 4. The van der Waals surface area contributed by atoms with Crippen molar-refractivity contribution in [3.63, 3.8) is 0 Å². The molecule has 0 saturated carbocycles. The van der Waals surface area contributed by atoms with Gasteiger partial charge in [0.2, 0.25) is 0 Å². The van der Waals surface area contributed by atoms with E-state index in [0.29, 0.717) is 19.3 Å². The Hall–Kier alpha value is -1.14. The van der Waals surface area contributed by atoms with E-state index in [0.717, 1.165) is 32.6 Å². The van der Waals surface area contributed by atoms with E-state index in [1.807, 2.05) is 7.05 Å². The third-order valence-corrected chi connectivity index (χ3v) is 3.53. The van der Waals surface area contributed by atoms with Gasteiger partial charge >= 0.3 is 6.18 Å². The van der Waals surface area contributed by atoms with Crippen molar-refractivity contribution in [2.45, 2.75) is 19.1 Å². The highest BCUT2D eigenvalue weighted by Gasteiger charge is 2.33. The van der Waals surface area contributed by atoms with E-state index < -0.39 is 11.7 Å². The molecule has 0 N–H and O–H groups in total. The lowest BCUT2D eigenvalue weighted by Crippen LogP contribution is -2.29. The minimum atomic E-state index is -4.26. The molecule has 0 spiro atoms. The summed E-state index contributed by atoms with van der Waals surface area (Å²) in [6, 6.07) is 5.87. The lowest BCUT2D eigenvalue weighted by atomic mass is 10.1. The van der Waals surface area contributed by atoms with Crippen molar-refractivity contribution in [3.8, 4) is 0 Å². The van der Waals surface area contributed by atoms with Crippen LogP contribution < -0.4 is 0 Å². The van der Waals surface area contributed by atoms with Gasteiger partial charge in [0.05, 0.1) is 12.7 Å². The second-order valence-corrected chi connectivity index (χ2v) is 5.09. The molecule has 0 bridgehead atoms. The van der Waals surface area contributed by atoms with E-state index in [1.165, 1.54) is 12.1 Å². The fourth-order valence-electron chi connectivity index (χ4n) is 2.43. The van der Waals surface area contributed by atoms with Gasteiger partial charge < -0.3 is 4.90 Å². The van der Waals surface area contributed by atoms with Gasteiger partial charge in [-0.05, 0) is 38.2 Å². The van der Waals surface area contributed by atoms with Crippen LogP contribution in [0.5, 0.6) is 0 Å². The van der Waals surface area contributed by atoms with Crippen LogP contribution in [0.2, 0.25) is 0 Å². The zero-order chi connectivity index (χ0) is 15.9. The van der Waals surface area contributed by atoms with Crippen LogP contribution in [0.1, 0.15) is 17.5 Å². The molecule has 1 aromatic rings. The van der Waals surface area contributed by atoms with E-state index in [4.69, 9.17) is 0 Å². The van der Waals surface area contributed by atoms with Gasteiger partial charge in [0, 0.05) is 19.6 Å². The van der Waals surface area contributed by atoms with Crippen LogP contribution in [0.25, 0.3) is 0 Å². The first-order valence-electron chi connectivity index (χ1n) is 6.90. The topological polar surface area (TPSA) is 6.48 Å².